The summed E-state index contributed by atoms with van der Waals surface area (Å²) >= 11 is 5.05. The third-order valence-electron chi connectivity index (χ3n) is 2.52. The molecule has 19 heavy (non-hydrogen) atoms. The monoisotopic (exact) mass is 273 g/mol. The molecule has 2 aromatic rings. The molecule has 2 heterocycles. The van der Waals surface area contributed by atoms with E-state index in [1.165, 1.54) is 0 Å². The van der Waals surface area contributed by atoms with Crippen molar-refractivity contribution in [2.24, 2.45) is 0 Å². The molecule has 6 heteroatoms. The van der Waals surface area contributed by atoms with Gasteiger partial charge in [0.05, 0.1) is 11.4 Å². The minimum atomic E-state index is -0.173. The van der Waals surface area contributed by atoms with E-state index in [-0.39, 0.29) is 6.04 Å². The minimum absolute atomic E-state index is 0.173. The van der Waals surface area contributed by atoms with Crippen molar-refractivity contribution in [2.75, 3.05) is 7.05 Å². The van der Waals surface area contributed by atoms with Crippen LogP contribution in [0.15, 0.2) is 48.8 Å². The van der Waals surface area contributed by atoms with Gasteiger partial charge < -0.3 is 5.32 Å². The molecule has 0 radical (unpaired) electrons. The third-order valence-corrected chi connectivity index (χ3v) is 2.83. The summed E-state index contributed by atoms with van der Waals surface area (Å²) in [5.41, 5.74) is 7.78. The molecule has 0 aliphatic rings. The lowest BCUT2D eigenvalue weighted by Crippen LogP contribution is -2.45. The fourth-order valence-electron chi connectivity index (χ4n) is 1.59. The van der Waals surface area contributed by atoms with Crippen molar-refractivity contribution in [1.29, 1.82) is 0 Å². The maximum atomic E-state index is 5.05. The summed E-state index contributed by atoms with van der Waals surface area (Å²) in [6.45, 7) is 0. The highest BCUT2D eigenvalue weighted by atomic mass is 32.1. The van der Waals surface area contributed by atoms with Gasteiger partial charge in [0.25, 0.3) is 0 Å². The smallest absolute Gasteiger partial charge is 0.180 e. The molecule has 0 spiro atoms. The van der Waals surface area contributed by atoms with Gasteiger partial charge in [-0.1, -0.05) is 12.1 Å². The molecule has 0 fully saturated rings. The molecule has 2 rings (SSSR count). The van der Waals surface area contributed by atoms with Crippen molar-refractivity contribution >= 4 is 17.3 Å². The van der Waals surface area contributed by atoms with Crippen molar-refractivity contribution in [1.82, 2.24) is 26.1 Å². The number of aromatic nitrogens is 2. The van der Waals surface area contributed by atoms with E-state index in [2.05, 4.69) is 26.1 Å². The molecule has 0 bridgehead atoms. The average Bonchev–Trinajstić information content (AvgIpc) is 2.49. The Labute approximate surface area is 117 Å². The van der Waals surface area contributed by atoms with E-state index in [4.69, 9.17) is 12.2 Å². The van der Waals surface area contributed by atoms with E-state index >= 15 is 0 Å². The Hall–Kier alpha value is -2.05. The zero-order valence-corrected chi connectivity index (χ0v) is 11.3. The molecule has 0 aliphatic carbocycles. The molecule has 0 aliphatic heterocycles. The van der Waals surface area contributed by atoms with Gasteiger partial charge in [-0.05, 0) is 36.5 Å². The number of hydrazine groups is 1. The highest BCUT2D eigenvalue weighted by molar-refractivity contribution is 7.80. The summed E-state index contributed by atoms with van der Waals surface area (Å²) in [4.78, 5) is 8.71. The van der Waals surface area contributed by atoms with Gasteiger partial charge in [-0.15, -0.1) is 0 Å². The molecule has 0 unspecified atom stereocenters. The average molecular weight is 273 g/mol. The first-order valence-corrected chi connectivity index (χ1v) is 6.27. The van der Waals surface area contributed by atoms with Crippen LogP contribution in [0, 0.1) is 0 Å². The van der Waals surface area contributed by atoms with Crippen LogP contribution in [0.2, 0.25) is 0 Å². The number of hydrogen-bond donors (Lipinski definition) is 3. The highest BCUT2D eigenvalue weighted by Crippen LogP contribution is 2.16. The molecule has 2 aromatic heterocycles. The molecule has 98 valence electrons. The van der Waals surface area contributed by atoms with Crippen LogP contribution in [-0.4, -0.2) is 22.1 Å². The van der Waals surface area contributed by atoms with Gasteiger partial charge in [-0.3, -0.25) is 15.4 Å². The van der Waals surface area contributed by atoms with Crippen LogP contribution in [-0.2, 0) is 0 Å². The highest BCUT2D eigenvalue weighted by Gasteiger charge is 2.15. The Bertz CT molecular complexity index is 478. The fourth-order valence-corrected chi connectivity index (χ4v) is 1.65. The van der Waals surface area contributed by atoms with Crippen molar-refractivity contribution in [3.8, 4) is 0 Å². The number of nitrogens with one attached hydrogen (secondary N) is 3. The Morgan fingerprint density at radius 3 is 2.05 bits per heavy atom. The van der Waals surface area contributed by atoms with Crippen LogP contribution in [0.1, 0.15) is 17.4 Å². The largest absolute Gasteiger partial charge is 0.365 e. The lowest BCUT2D eigenvalue weighted by molar-refractivity contribution is 0.547. The second-order valence-corrected chi connectivity index (χ2v) is 4.20. The van der Waals surface area contributed by atoms with Gasteiger partial charge in [0, 0.05) is 19.4 Å². The number of hydrogen-bond acceptors (Lipinski definition) is 4. The van der Waals surface area contributed by atoms with E-state index in [0.717, 1.165) is 11.4 Å². The van der Waals surface area contributed by atoms with Crippen LogP contribution in [0.5, 0.6) is 0 Å². The Morgan fingerprint density at radius 2 is 1.63 bits per heavy atom. The summed E-state index contributed by atoms with van der Waals surface area (Å²) < 4.78 is 0. The molecule has 0 aromatic carbocycles. The topological polar surface area (TPSA) is 61.9 Å². The van der Waals surface area contributed by atoms with E-state index < -0.39 is 0 Å². The van der Waals surface area contributed by atoms with Crippen molar-refractivity contribution in [2.45, 2.75) is 6.04 Å². The predicted molar refractivity (Wildman–Crippen MR) is 78.2 cm³/mol. The lowest BCUT2D eigenvalue weighted by atomic mass is 10.1. The molecule has 0 amide bonds. The first-order chi connectivity index (χ1) is 9.31. The van der Waals surface area contributed by atoms with Crippen LogP contribution in [0.25, 0.3) is 0 Å². The summed E-state index contributed by atoms with van der Waals surface area (Å²) in [5.74, 6) is 0. The van der Waals surface area contributed by atoms with Gasteiger partial charge in [0.1, 0.15) is 6.04 Å². The summed E-state index contributed by atoms with van der Waals surface area (Å²) in [5, 5.41) is 3.35. The predicted octanol–water partition coefficient (Wildman–Crippen LogP) is 1.16. The zero-order chi connectivity index (χ0) is 13.5. The third kappa shape index (κ3) is 3.70. The van der Waals surface area contributed by atoms with Crippen LogP contribution < -0.4 is 16.2 Å². The molecular weight excluding hydrogens is 258 g/mol. The van der Waals surface area contributed by atoms with Gasteiger partial charge in [0.2, 0.25) is 0 Å². The van der Waals surface area contributed by atoms with Crippen molar-refractivity contribution < 1.29 is 0 Å². The molecule has 3 N–H and O–H groups in total. The SMILES string of the molecule is CNC(=S)NNC(c1ccccn1)c1ccccn1. The standard InChI is InChI=1S/C13H15N5S/c1-14-13(19)18-17-12(10-6-2-4-8-15-10)11-7-3-5-9-16-11/h2-9,12,17H,1H3,(H2,14,18,19). The second-order valence-electron chi connectivity index (χ2n) is 3.79. The summed E-state index contributed by atoms with van der Waals surface area (Å²) in [6.07, 6.45) is 3.51. The Balaban J connectivity index is 2.21. The van der Waals surface area contributed by atoms with E-state index in [0.29, 0.717) is 5.11 Å². The number of rotatable bonds is 4. The molecule has 5 nitrogen and oxygen atoms in total. The van der Waals surface area contributed by atoms with E-state index in [9.17, 15) is 0 Å². The van der Waals surface area contributed by atoms with E-state index in [1.54, 1.807) is 19.4 Å². The molecular formula is C13H15N5S. The maximum Gasteiger partial charge on any atom is 0.180 e. The summed E-state index contributed by atoms with van der Waals surface area (Å²) in [6, 6.07) is 11.4. The first kappa shape index (κ1) is 13.4. The van der Waals surface area contributed by atoms with Crippen molar-refractivity contribution in [3.05, 3.63) is 60.2 Å². The van der Waals surface area contributed by atoms with Gasteiger partial charge in [-0.2, -0.15) is 0 Å². The number of pyridine rings is 2. The Morgan fingerprint density at radius 1 is 1.05 bits per heavy atom. The number of thiocarbonyl (C=S) groups is 1. The normalized spacial score (nSPS) is 10.2. The summed E-state index contributed by atoms with van der Waals surface area (Å²) in [7, 11) is 1.76. The minimum Gasteiger partial charge on any atom is -0.365 e. The first-order valence-electron chi connectivity index (χ1n) is 5.86. The number of nitrogens with zero attached hydrogens (tertiary/aromatic N) is 2. The maximum absolute atomic E-state index is 5.05. The Kier molecular flexibility index (Phi) is 4.77. The van der Waals surface area contributed by atoms with Gasteiger partial charge in [-0.25, -0.2) is 5.43 Å². The fraction of sp³-hybridized carbons (Fsp3) is 0.154. The zero-order valence-electron chi connectivity index (χ0n) is 10.5. The lowest BCUT2D eigenvalue weighted by Gasteiger charge is -2.19. The van der Waals surface area contributed by atoms with Crippen LogP contribution >= 0.6 is 12.2 Å². The van der Waals surface area contributed by atoms with Gasteiger partial charge in [0.15, 0.2) is 5.11 Å². The van der Waals surface area contributed by atoms with Gasteiger partial charge >= 0.3 is 0 Å². The molecule has 0 atom stereocenters. The van der Waals surface area contributed by atoms with Crippen molar-refractivity contribution in [3.63, 3.8) is 0 Å². The van der Waals surface area contributed by atoms with Crippen LogP contribution in [0.3, 0.4) is 0 Å². The quantitative estimate of drug-likeness (QED) is 0.574. The van der Waals surface area contributed by atoms with E-state index in [1.807, 2.05) is 36.4 Å². The molecule has 0 saturated heterocycles. The second kappa shape index (κ2) is 6.77. The van der Waals surface area contributed by atoms with Crippen LogP contribution in [0.4, 0.5) is 0 Å². The molecule has 0 saturated carbocycles.